The van der Waals surface area contributed by atoms with Crippen LogP contribution in [-0.4, -0.2) is 12.2 Å². The van der Waals surface area contributed by atoms with E-state index in [9.17, 15) is 5.11 Å². The molecule has 0 unspecified atom stereocenters. The minimum atomic E-state index is 0.203. The van der Waals surface area contributed by atoms with Crippen molar-refractivity contribution in [2.24, 2.45) is 0 Å². The summed E-state index contributed by atoms with van der Waals surface area (Å²) in [4.78, 5) is 1.21. The van der Waals surface area contributed by atoms with Crippen LogP contribution in [-0.2, 0) is 0 Å². The van der Waals surface area contributed by atoms with Gasteiger partial charge in [0, 0.05) is 11.0 Å². The van der Waals surface area contributed by atoms with Crippen molar-refractivity contribution in [1.29, 1.82) is 0 Å². The van der Waals surface area contributed by atoms with Crippen molar-refractivity contribution in [2.45, 2.75) is 4.90 Å². The van der Waals surface area contributed by atoms with E-state index in [1.54, 1.807) is 31.0 Å². The first kappa shape index (κ1) is 14.5. The van der Waals surface area contributed by atoms with E-state index in [0.717, 1.165) is 5.56 Å². The van der Waals surface area contributed by atoms with Gasteiger partial charge in [0.1, 0.15) is 11.5 Å². The summed E-state index contributed by atoms with van der Waals surface area (Å²) < 4.78 is 5.16. The topological polar surface area (TPSA) is 29.5 Å². The molecule has 0 spiro atoms. The van der Waals surface area contributed by atoms with Crippen LogP contribution in [0, 0.1) is 0 Å². The first-order chi connectivity index (χ1) is 10.8. The van der Waals surface area contributed by atoms with Gasteiger partial charge < -0.3 is 9.84 Å². The molecule has 0 aliphatic heterocycles. The maximum Gasteiger partial charge on any atom is 0.123 e. The molecule has 3 aromatic carbocycles. The monoisotopic (exact) mass is 308 g/mol. The number of benzene rings is 3. The van der Waals surface area contributed by atoms with Gasteiger partial charge >= 0.3 is 0 Å². The maximum absolute atomic E-state index is 9.66. The summed E-state index contributed by atoms with van der Waals surface area (Å²) in [6, 6.07) is 19.8. The molecule has 0 aliphatic rings. The lowest BCUT2D eigenvalue weighted by Gasteiger charge is -2.04. The molecule has 0 atom stereocenters. The average molecular weight is 308 g/mol. The molecule has 3 aromatic rings. The van der Waals surface area contributed by atoms with Crippen LogP contribution in [0.5, 0.6) is 11.5 Å². The Morgan fingerprint density at radius 3 is 2.68 bits per heavy atom. The first-order valence-electron chi connectivity index (χ1n) is 6.95. The second-order valence-electron chi connectivity index (χ2n) is 4.86. The molecule has 0 amide bonds. The summed E-state index contributed by atoms with van der Waals surface area (Å²) in [5, 5.41) is 14.2. The molecule has 0 bridgehead atoms. The predicted octanol–water partition coefficient (Wildman–Crippen LogP) is 5.32. The summed E-state index contributed by atoms with van der Waals surface area (Å²) in [6.45, 7) is 0. The highest BCUT2D eigenvalue weighted by atomic mass is 32.2. The van der Waals surface area contributed by atoms with Gasteiger partial charge in [-0.25, -0.2) is 0 Å². The summed E-state index contributed by atoms with van der Waals surface area (Å²) in [6.07, 6.45) is 1.97. The van der Waals surface area contributed by atoms with E-state index in [-0.39, 0.29) is 5.75 Å². The maximum atomic E-state index is 9.66. The number of hydrogen-bond donors (Lipinski definition) is 1. The molecular formula is C19H16O2S. The molecule has 1 N–H and O–H groups in total. The number of thioether (sulfide) groups is 1. The van der Waals surface area contributed by atoms with Gasteiger partial charge in [-0.2, -0.15) is 0 Å². The van der Waals surface area contributed by atoms with Crippen LogP contribution < -0.4 is 4.74 Å². The number of phenols is 1. The lowest BCUT2D eigenvalue weighted by atomic mass is 10.1. The van der Waals surface area contributed by atoms with Gasteiger partial charge in [-0.3, -0.25) is 0 Å². The Bertz CT molecular complexity index is 819. The van der Waals surface area contributed by atoms with E-state index in [1.165, 1.54) is 15.7 Å². The fraction of sp³-hybridized carbons (Fsp3) is 0.0526. The van der Waals surface area contributed by atoms with Gasteiger partial charge in [-0.05, 0) is 46.0 Å². The van der Waals surface area contributed by atoms with Gasteiger partial charge in [-0.15, -0.1) is 0 Å². The Balaban J connectivity index is 1.83. The Kier molecular flexibility index (Phi) is 4.35. The van der Waals surface area contributed by atoms with Crippen molar-refractivity contribution in [3.8, 4) is 11.5 Å². The number of aromatic hydroxyl groups is 1. The number of fused-ring (bicyclic) bond motifs is 1. The van der Waals surface area contributed by atoms with Crippen LogP contribution in [0.4, 0.5) is 0 Å². The molecule has 0 aromatic heterocycles. The normalized spacial score (nSPS) is 11.1. The molecule has 0 fully saturated rings. The molecule has 0 saturated carbocycles. The summed E-state index contributed by atoms with van der Waals surface area (Å²) >= 11 is 1.66. The Labute approximate surface area is 134 Å². The molecular weight excluding hydrogens is 292 g/mol. The minimum absolute atomic E-state index is 0.203. The second-order valence-corrected chi connectivity index (χ2v) is 5.81. The van der Waals surface area contributed by atoms with Crippen molar-refractivity contribution < 1.29 is 9.84 Å². The van der Waals surface area contributed by atoms with Crippen LogP contribution in [0.15, 0.2) is 71.0 Å². The molecule has 3 rings (SSSR count). The predicted molar refractivity (Wildman–Crippen MR) is 93.5 cm³/mol. The van der Waals surface area contributed by atoms with Crippen molar-refractivity contribution in [2.75, 3.05) is 7.11 Å². The number of methoxy groups -OCH3 is 1. The molecule has 0 saturated heterocycles. The van der Waals surface area contributed by atoms with E-state index in [4.69, 9.17) is 4.74 Å². The van der Waals surface area contributed by atoms with Gasteiger partial charge in [-0.1, -0.05) is 48.2 Å². The highest BCUT2D eigenvalue weighted by Crippen LogP contribution is 2.29. The van der Waals surface area contributed by atoms with E-state index in [2.05, 4.69) is 36.4 Å². The van der Waals surface area contributed by atoms with Crippen LogP contribution in [0.2, 0.25) is 0 Å². The van der Waals surface area contributed by atoms with Crippen LogP contribution in [0.3, 0.4) is 0 Å². The lowest BCUT2D eigenvalue weighted by Crippen LogP contribution is -1.83. The number of hydrogen-bond acceptors (Lipinski definition) is 3. The highest BCUT2D eigenvalue weighted by molar-refractivity contribution is 8.02. The van der Waals surface area contributed by atoms with E-state index >= 15 is 0 Å². The summed E-state index contributed by atoms with van der Waals surface area (Å²) in [5.74, 6) is 0.851. The van der Waals surface area contributed by atoms with Crippen molar-refractivity contribution in [3.63, 3.8) is 0 Å². The lowest BCUT2D eigenvalue weighted by molar-refractivity contribution is 0.407. The Hall–Kier alpha value is -2.39. The van der Waals surface area contributed by atoms with Gasteiger partial charge in [0.25, 0.3) is 0 Å². The average Bonchev–Trinajstić information content (AvgIpc) is 2.54. The van der Waals surface area contributed by atoms with Crippen molar-refractivity contribution in [3.05, 3.63) is 71.6 Å². The highest BCUT2D eigenvalue weighted by Gasteiger charge is 2.00. The third kappa shape index (κ3) is 3.26. The van der Waals surface area contributed by atoms with Gasteiger partial charge in [0.2, 0.25) is 0 Å². The van der Waals surface area contributed by atoms with Crippen LogP contribution in [0.1, 0.15) is 5.56 Å². The number of rotatable bonds is 4. The fourth-order valence-electron chi connectivity index (χ4n) is 2.30. The summed E-state index contributed by atoms with van der Waals surface area (Å²) in [5.41, 5.74) is 0.907. The largest absolute Gasteiger partial charge is 0.508 e. The van der Waals surface area contributed by atoms with E-state index in [1.807, 2.05) is 23.6 Å². The van der Waals surface area contributed by atoms with Crippen LogP contribution in [0.25, 0.3) is 16.8 Å². The summed E-state index contributed by atoms with van der Waals surface area (Å²) in [7, 11) is 1.59. The van der Waals surface area contributed by atoms with Crippen molar-refractivity contribution >= 4 is 28.6 Å². The number of ether oxygens (including phenoxy) is 1. The molecule has 2 nitrogen and oxygen atoms in total. The zero-order valence-corrected chi connectivity index (χ0v) is 13.0. The zero-order valence-electron chi connectivity index (χ0n) is 12.2. The molecule has 22 heavy (non-hydrogen) atoms. The Morgan fingerprint density at radius 1 is 1.00 bits per heavy atom. The van der Waals surface area contributed by atoms with Gasteiger partial charge in [0.15, 0.2) is 0 Å². The Morgan fingerprint density at radius 2 is 1.82 bits per heavy atom. The third-order valence-corrected chi connectivity index (χ3v) is 4.24. The molecule has 110 valence electrons. The molecule has 0 heterocycles. The van der Waals surface area contributed by atoms with Crippen molar-refractivity contribution in [1.82, 2.24) is 0 Å². The van der Waals surface area contributed by atoms with Gasteiger partial charge in [0.05, 0.1) is 7.11 Å². The molecule has 0 aliphatic carbocycles. The SMILES string of the molecule is COc1cc(O)cc(C=CSc2cccc3ccccc23)c1. The third-order valence-electron chi connectivity index (χ3n) is 3.35. The zero-order chi connectivity index (χ0) is 15.4. The van der Waals surface area contributed by atoms with Crippen LogP contribution >= 0.6 is 11.8 Å². The smallest absolute Gasteiger partial charge is 0.123 e. The molecule has 3 heteroatoms. The quantitative estimate of drug-likeness (QED) is 0.662. The second kappa shape index (κ2) is 6.58. The number of phenolic OH excluding ortho intramolecular Hbond substituents is 1. The standard InChI is InChI=1S/C19H16O2S/c1-21-17-12-14(11-16(20)13-17)9-10-22-19-8-4-6-15-5-2-3-7-18(15)19/h2-13,20H,1H3. The minimum Gasteiger partial charge on any atom is -0.508 e. The fourth-order valence-corrected chi connectivity index (χ4v) is 3.15. The van der Waals surface area contributed by atoms with E-state index in [0.29, 0.717) is 5.75 Å². The first-order valence-corrected chi connectivity index (χ1v) is 7.83. The molecule has 0 radical (unpaired) electrons. The van der Waals surface area contributed by atoms with E-state index < -0.39 is 0 Å².